The molecule has 0 spiro atoms. The van der Waals surface area contributed by atoms with Crippen molar-refractivity contribution in [3.63, 3.8) is 0 Å². The minimum atomic E-state index is -3.33. The zero-order valence-corrected chi connectivity index (χ0v) is 13.6. The number of hydrogen-bond donors (Lipinski definition) is 0. The Morgan fingerprint density at radius 3 is 2.50 bits per heavy atom. The van der Waals surface area contributed by atoms with E-state index in [0.29, 0.717) is 17.3 Å². The van der Waals surface area contributed by atoms with Crippen molar-refractivity contribution in [1.29, 1.82) is 0 Å². The zero-order valence-electron chi connectivity index (χ0n) is 10.3. The van der Waals surface area contributed by atoms with Gasteiger partial charge in [0.05, 0.1) is 9.89 Å². The van der Waals surface area contributed by atoms with Crippen LogP contribution in [-0.4, -0.2) is 39.0 Å². The summed E-state index contributed by atoms with van der Waals surface area (Å²) in [7, 11) is -1.65. The monoisotopic (exact) mass is 353 g/mol. The molecule has 102 valence electrons. The molecule has 0 aliphatic carbocycles. The van der Waals surface area contributed by atoms with Crippen molar-refractivity contribution in [3.8, 4) is 0 Å². The van der Waals surface area contributed by atoms with Gasteiger partial charge < -0.3 is 4.74 Å². The van der Waals surface area contributed by atoms with Crippen LogP contribution in [0.5, 0.6) is 0 Å². The first-order valence-electron chi connectivity index (χ1n) is 5.74. The molecule has 2 heterocycles. The molecule has 1 aromatic heterocycles. The molecule has 1 fully saturated rings. The minimum absolute atomic E-state index is 0.188. The molecule has 1 aromatic rings. The number of sulfonamides is 1. The molecule has 1 saturated heterocycles. The van der Waals surface area contributed by atoms with E-state index in [9.17, 15) is 8.42 Å². The lowest BCUT2D eigenvalue weighted by molar-refractivity contribution is 0.0605. The maximum Gasteiger partial charge on any atom is 0.252 e. The predicted molar refractivity (Wildman–Crippen MR) is 75.5 cm³/mol. The van der Waals surface area contributed by atoms with Gasteiger partial charge in [0.15, 0.2) is 0 Å². The van der Waals surface area contributed by atoms with E-state index < -0.39 is 10.0 Å². The molecule has 0 unspecified atom stereocenters. The molecule has 18 heavy (non-hydrogen) atoms. The number of thiophene rings is 1. The van der Waals surface area contributed by atoms with Crippen LogP contribution in [0.3, 0.4) is 0 Å². The number of ether oxygens (including phenoxy) is 1. The molecule has 2 rings (SSSR count). The summed E-state index contributed by atoms with van der Waals surface area (Å²) >= 11 is 4.65. The van der Waals surface area contributed by atoms with Gasteiger partial charge in [0.1, 0.15) is 4.21 Å². The Labute approximate surface area is 120 Å². The predicted octanol–water partition coefficient (Wildman–Crippen LogP) is 2.62. The SMILES string of the molecule is COC1CCN(S(=O)(=O)c2cc(C)c(Br)s2)CC1. The third-order valence-electron chi connectivity index (χ3n) is 3.16. The number of methoxy groups -OCH3 is 1. The lowest BCUT2D eigenvalue weighted by Crippen LogP contribution is -2.40. The van der Waals surface area contributed by atoms with Gasteiger partial charge in [-0.05, 0) is 47.3 Å². The van der Waals surface area contributed by atoms with Crippen molar-refractivity contribution < 1.29 is 13.2 Å². The molecular formula is C11H16BrNO3S2. The second-order valence-corrected chi connectivity index (χ2v) is 8.90. The molecule has 0 radical (unpaired) electrons. The highest BCUT2D eigenvalue weighted by atomic mass is 79.9. The van der Waals surface area contributed by atoms with Crippen LogP contribution in [0.25, 0.3) is 0 Å². The highest BCUT2D eigenvalue weighted by Gasteiger charge is 2.30. The average molecular weight is 354 g/mol. The number of hydrogen-bond acceptors (Lipinski definition) is 4. The number of halogens is 1. The lowest BCUT2D eigenvalue weighted by atomic mass is 10.1. The summed E-state index contributed by atoms with van der Waals surface area (Å²) in [6, 6.07) is 1.73. The molecule has 1 aliphatic rings. The average Bonchev–Trinajstić information content (AvgIpc) is 2.70. The van der Waals surface area contributed by atoms with Crippen molar-refractivity contribution in [2.45, 2.75) is 30.1 Å². The largest absolute Gasteiger partial charge is 0.381 e. The first-order valence-corrected chi connectivity index (χ1v) is 8.79. The molecule has 0 N–H and O–H groups in total. The van der Waals surface area contributed by atoms with E-state index in [-0.39, 0.29) is 6.10 Å². The van der Waals surface area contributed by atoms with Crippen LogP contribution < -0.4 is 0 Å². The highest BCUT2D eigenvalue weighted by Crippen LogP contribution is 2.33. The first-order chi connectivity index (χ1) is 8.45. The molecule has 4 nitrogen and oxygen atoms in total. The summed E-state index contributed by atoms with van der Waals surface area (Å²) in [5.41, 5.74) is 0.963. The smallest absolute Gasteiger partial charge is 0.252 e. The van der Waals surface area contributed by atoms with E-state index in [4.69, 9.17) is 4.74 Å². The van der Waals surface area contributed by atoms with Crippen LogP contribution in [0.4, 0.5) is 0 Å². The van der Waals surface area contributed by atoms with Crippen molar-refractivity contribution in [2.24, 2.45) is 0 Å². The summed E-state index contributed by atoms with van der Waals surface area (Å²) in [5, 5.41) is 0. The normalized spacial score (nSPS) is 19.3. The zero-order chi connectivity index (χ0) is 13.3. The van der Waals surface area contributed by atoms with Gasteiger partial charge in [0, 0.05) is 20.2 Å². The van der Waals surface area contributed by atoms with Crippen LogP contribution in [0.2, 0.25) is 0 Å². The maximum atomic E-state index is 12.4. The lowest BCUT2D eigenvalue weighted by Gasteiger charge is -2.29. The molecule has 0 bridgehead atoms. The summed E-state index contributed by atoms with van der Waals surface area (Å²) in [4.78, 5) is 0. The van der Waals surface area contributed by atoms with Gasteiger partial charge in [-0.15, -0.1) is 11.3 Å². The topological polar surface area (TPSA) is 46.6 Å². The number of piperidine rings is 1. The molecule has 1 aliphatic heterocycles. The van der Waals surface area contributed by atoms with Gasteiger partial charge in [-0.2, -0.15) is 4.31 Å². The van der Waals surface area contributed by atoms with E-state index in [1.54, 1.807) is 17.5 Å². The van der Waals surface area contributed by atoms with Crippen LogP contribution in [0.1, 0.15) is 18.4 Å². The van der Waals surface area contributed by atoms with Crippen LogP contribution in [-0.2, 0) is 14.8 Å². The first kappa shape index (κ1) is 14.5. The molecule has 0 saturated carbocycles. The van der Waals surface area contributed by atoms with Crippen molar-refractivity contribution in [3.05, 3.63) is 15.4 Å². The Balaban J connectivity index is 2.17. The summed E-state index contributed by atoms with van der Waals surface area (Å²) < 4.78 is 33.0. The number of aryl methyl sites for hydroxylation is 1. The standard InChI is InChI=1S/C11H16BrNO3S2/c1-8-7-10(17-11(8)12)18(14,15)13-5-3-9(16-2)4-6-13/h7,9H,3-6H2,1-2H3. The van der Waals surface area contributed by atoms with Gasteiger partial charge in [0.25, 0.3) is 10.0 Å². The molecular weight excluding hydrogens is 338 g/mol. The fourth-order valence-electron chi connectivity index (χ4n) is 1.99. The van der Waals surface area contributed by atoms with E-state index in [1.165, 1.54) is 11.3 Å². The second kappa shape index (κ2) is 5.58. The second-order valence-electron chi connectivity index (χ2n) is 4.36. The Morgan fingerprint density at radius 1 is 1.44 bits per heavy atom. The highest BCUT2D eigenvalue weighted by molar-refractivity contribution is 9.11. The van der Waals surface area contributed by atoms with E-state index in [1.807, 2.05) is 6.92 Å². The number of rotatable bonds is 3. The quantitative estimate of drug-likeness (QED) is 0.838. The van der Waals surface area contributed by atoms with Crippen LogP contribution in [0.15, 0.2) is 14.1 Å². The maximum absolute atomic E-state index is 12.4. The van der Waals surface area contributed by atoms with Crippen molar-refractivity contribution in [2.75, 3.05) is 20.2 Å². The fourth-order valence-corrected chi connectivity index (χ4v) is 5.84. The van der Waals surface area contributed by atoms with Gasteiger partial charge in [-0.3, -0.25) is 0 Å². The Bertz CT molecular complexity index is 499. The third kappa shape index (κ3) is 2.80. The van der Waals surface area contributed by atoms with Crippen LogP contribution >= 0.6 is 27.3 Å². The fraction of sp³-hybridized carbons (Fsp3) is 0.636. The molecule has 0 amide bonds. The molecule has 7 heteroatoms. The summed E-state index contributed by atoms with van der Waals surface area (Å²) in [6.07, 6.45) is 1.72. The van der Waals surface area contributed by atoms with E-state index >= 15 is 0 Å². The number of nitrogens with zero attached hydrogens (tertiary/aromatic N) is 1. The van der Waals surface area contributed by atoms with Gasteiger partial charge in [-0.25, -0.2) is 8.42 Å². The Kier molecular flexibility index (Phi) is 4.48. The van der Waals surface area contributed by atoms with Gasteiger partial charge >= 0.3 is 0 Å². The third-order valence-corrected chi connectivity index (χ3v) is 7.65. The summed E-state index contributed by atoms with van der Waals surface area (Å²) in [5.74, 6) is 0. The van der Waals surface area contributed by atoms with E-state index in [0.717, 1.165) is 22.2 Å². The van der Waals surface area contributed by atoms with Gasteiger partial charge in [-0.1, -0.05) is 0 Å². The van der Waals surface area contributed by atoms with Gasteiger partial charge in [0.2, 0.25) is 0 Å². The summed E-state index contributed by atoms with van der Waals surface area (Å²) in [6.45, 7) is 2.97. The Hall–Kier alpha value is 0.0500. The van der Waals surface area contributed by atoms with Crippen molar-refractivity contribution >= 4 is 37.3 Å². The van der Waals surface area contributed by atoms with Crippen LogP contribution in [0, 0.1) is 6.92 Å². The van der Waals surface area contributed by atoms with E-state index in [2.05, 4.69) is 15.9 Å². The minimum Gasteiger partial charge on any atom is -0.381 e. The molecule has 0 aromatic carbocycles. The van der Waals surface area contributed by atoms with Crippen molar-refractivity contribution in [1.82, 2.24) is 4.31 Å². The molecule has 0 atom stereocenters. The Morgan fingerprint density at radius 2 is 2.06 bits per heavy atom.